The maximum absolute atomic E-state index is 10.9. The molecule has 0 amide bonds. The van der Waals surface area contributed by atoms with Crippen LogP contribution in [0.4, 0.5) is 0 Å². The number of aromatic carboxylic acids is 1. The van der Waals surface area contributed by atoms with Crippen molar-refractivity contribution in [3.63, 3.8) is 0 Å². The van der Waals surface area contributed by atoms with Gasteiger partial charge in [0.15, 0.2) is 3.92 Å². The van der Waals surface area contributed by atoms with E-state index in [-0.39, 0.29) is 11.3 Å². The molecule has 0 radical (unpaired) electrons. The van der Waals surface area contributed by atoms with Gasteiger partial charge in [-0.15, -0.1) is 11.3 Å². The van der Waals surface area contributed by atoms with Crippen molar-refractivity contribution < 1.29 is 14.4 Å². The second-order valence-electron chi connectivity index (χ2n) is 2.76. The summed E-state index contributed by atoms with van der Waals surface area (Å²) in [6.45, 7) is 1.58. The van der Waals surface area contributed by atoms with Crippen molar-refractivity contribution >= 4 is 33.2 Å². The monoisotopic (exact) mass is 288 g/mol. The fourth-order valence-electron chi connectivity index (χ4n) is 1.15. The molecule has 0 bridgehead atoms. The highest BCUT2D eigenvalue weighted by Gasteiger charge is 2.22. The van der Waals surface area contributed by atoms with Gasteiger partial charge in [-0.3, -0.25) is 0 Å². The van der Waals surface area contributed by atoms with Gasteiger partial charge in [0.1, 0.15) is 11.3 Å². The number of hydrogen-bond donors (Lipinski definition) is 1. The van der Waals surface area contributed by atoms with Gasteiger partial charge in [-0.2, -0.15) is 0 Å². The molecule has 0 aliphatic carbocycles. The van der Waals surface area contributed by atoms with E-state index in [1.165, 1.54) is 11.3 Å². The molecule has 2 aromatic heterocycles. The number of nitrogens with zero attached hydrogens (tertiary/aromatic N) is 2. The molecule has 0 aliphatic heterocycles. The van der Waals surface area contributed by atoms with Crippen molar-refractivity contribution in [1.82, 2.24) is 10.1 Å². The van der Waals surface area contributed by atoms with Crippen LogP contribution in [0.2, 0.25) is 0 Å². The van der Waals surface area contributed by atoms with E-state index in [1.807, 2.05) is 0 Å². The summed E-state index contributed by atoms with van der Waals surface area (Å²) in [5.74, 6) is -0.866. The van der Waals surface area contributed by atoms with Gasteiger partial charge in [0.2, 0.25) is 5.76 Å². The van der Waals surface area contributed by atoms with Crippen molar-refractivity contribution in [1.29, 1.82) is 0 Å². The number of carboxylic acids is 1. The first-order valence-electron chi connectivity index (χ1n) is 3.90. The number of rotatable bonds is 2. The van der Waals surface area contributed by atoms with E-state index in [2.05, 4.69) is 26.1 Å². The lowest BCUT2D eigenvalue weighted by Gasteiger charge is -1.91. The third-order valence-corrected chi connectivity index (χ3v) is 3.15. The minimum Gasteiger partial charge on any atom is -0.477 e. The molecule has 0 aromatic carbocycles. The molecular formula is C8H5BrN2O3S. The average Bonchev–Trinajstić information content (AvgIpc) is 2.71. The molecule has 0 fully saturated rings. The second-order valence-corrected chi connectivity index (χ2v) is 4.90. The zero-order chi connectivity index (χ0) is 11.0. The number of hydrogen-bond acceptors (Lipinski definition) is 5. The molecule has 5 nitrogen and oxygen atoms in total. The summed E-state index contributed by atoms with van der Waals surface area (Å²) in [4.78, 5) is 15.0. The number of carbonyl (C=O) groups is 1. The van der Waals surface area contributed by atoms with Gasteiger partial charge >= 0.3 is 5.97 Å². The SMILES string of the molecule is Cc1noc(-c2csc(Br)n2)c1C(=O)O. The number of thiazole rings is 1. The Morgan fingerprint density at radius 2 is 2.40 bits per heavy atom. The topological polar surface area (TPSA) is 76.2 Å². The number of aryl methyl sites for hydroxylation is 1. The highest BCUT2D eigenvalue weighted by atomic mass is 79.9. The summed E-state index contributed by atoms with van der Waals surface area (Å²) in [5, 5.41) is 14.3. The summed E-state index contributed by atoms with van der Waals surface area (Å²) >= 11 is 4.55. The Balaban J connectivity index is 2.58. The Labute approximate surface area is 96.9 Å². The summed E-state index contributed by atoms with van der Waals surface area (Å²) < 4.78 is 5.62. The lowest BCUT2D eigenvalue weighted by molar-refractivity contribution is 0.0696. The minimum absolute atomic E-state index is 0.0628. The Morgan fingerprint density at radius 1 is 1.67 bits per heavy atom. The largest absolute Gasteiger partial charge is 0.477 e. The van der Waals surface area contributed by atoms with Crippen molar-refractivity contribution in [3.8, 4) is 11.5 Å². The van der Waals surface area contributed by atoms with E-state index in [4.69, 9.17) is 9.63 Å². The maximum Gasteiger partial charge on any atom is 0.341 e. The number of halogens is 1. The van der Waals surface area contributed by atoms with E-state index < -0.39 is 5.97 Å². The van der Waals surface area contributed by atoms with E-state index >= 15 is 0 Å². The third kappa shape index (κ3) is 1.80. The fourth-order valence-corrected chi connectivity index (χ4v) is 2.14. The Morgan fingerprint density at radius 3 is 2.93 bits per heavy atom. The van der Waals surface area contributed by atoms with Gasteiger partial charge in [-0.05, 0) is 22.9 Å². The molecule has 1 N–H and O–H groups in total. The molecule has 0 spiro atoms. The first-order chi connectivity index (χ1) is 7.09. The molecule has 7 heteroatoms. The van der Waals surface area contributed by atoms with Crippen LogP contribution in [0.25, 0.3) is 11.5 Å². The number of carboxylic acid groups (broad SMARTS) is 1. The van der Waals surface area contributed by atoms with Crippen LogP contribution in [-0.4, -0.2) is 21.2 Å². The molecule has 78 valence electrons. The summed E-state index contributed by atoms with van der Waals surface area (Å²) in [5.41, 5.74) is 0.888. The van der Waals surface area contributed by atoms with E-state index in [1.54, 1.807) is 12.3 Å². The standard InChI is InChI=1S/C8H5BrN2O3S/c1-3-5(7(12)13)6(14-11-3)4-2-15-8(9)10-4/h2H,1H3,(H,12,13). The lowest BCUT2D eigenvalue weighted by Crippen LogP contribution is -1.99. The predicted octanol–water partition coefficient (Wildman–Crippen LogP) is 2.57. The normalized spacial score (nSPS) is 10.5. The molecule has 0 atom stereocenters. The van der Waals surface area contributed by atoms with Crippen molar-refractivity contribution in [3.05, 3.63) is 20.6 Å². The fraction of sp³-hybridized carbons (Fsp3) is 0.125. The van der Waals surface area contributed by atoms with Crippen LogP contribution in [0.5, 0.6) is 0 Å². The van der Waals surface area contributed by atoms with Crippen LogP contribution in [0.1, 0.15) is 16.1 Å². The van der Waals surface area contributed by atoms with Gasteiger partial charge in [-0.1, -0.05) is 5.16 Å². The highest BCUT2D eigenvalue weighted by molar-refractivity contribution is 9.11. The lowest BCUT2D eigenvalue weighted by atomic mass is 10.2. The summed E-state index contributed by atoms with van der Waals surface area (Å²) in [6.07, 6.45) is 0. The van der Waals surface area contributed by atoms with Gasteiger partial charge < -0.3 is 9.63 Å². The van der Waals surface area contributed by atoms with E-state index in [9.17, 15) is 4.79 Å². The van der Waals surface area contributed by atoms with Crippen LogP contribution in [0, 0.1) is 6.92 Å². The summed E-state index contributed by atoms with van der Waals surface area (Å²) in [6, 6.07) is 0. The number of aromatic nitrogens is 2. The quantitative estimate of drug-likeness (QED) is 0.919. The highest BCUT2D eigenvalue weighted by Crippen LogP contribution is 2.29. The molecule has 15 heavy (non-hydrogen) atoms. The smallest absolute Gasteiger partial charge is 0.341 e. The molecule has 0 aliphatic rings. The second kappa shape index (κ2) is 3.74. The van der Waals surface area contributed by atoms with Crippen LogP contribution in [-0.2, 0) is 0 Å². The van der Waals surface area contributed by atoms with Crippen molar-refractivity contribution in [2.24, 2.45) is 0 Å². The van der Waals surface area contributed by atoms with Crippen LogP contribution in [0.3, 0.4) is 0 Å². The van der Waals surface area contributed by atoms with Gasteiger partial charge in [0.05, 0.1) is 5.69 Å². The molecule has 0 saturated carbocycles. The van der Waals surface area contributed by atoms with Crippen LogP contribution >= 0.6 is 27.3 Å². The van der Waals surface area contributed by atoms with Crippen LogP contribution < -0.4 is 0 Å². The molecule has 0 unspecified atom stereocenters. The minimum atomic E-state index is -1.06. The van der Waals surface area contributed by atoms with Gasteiger partial charge in [0, 0.05) is 5.38 Å². The Kier molecular flexibility index (Phi) is 2.57. The summed E-state index contributed by atoms with van der Waals surface area (Å²) in [7, 11) is 0. The van der Waals surface area contributed by atoms with E-state index in [0.717, 1.165) is 0 Å². The van der Waals surface area contributed by atoms with Gasteiger partial charge in [-0.25, -0.2) is 9.78 Å². The molecule has 2 aromatic rings. The molecular weight excluding hydrogens is 284 g/mol. The van der Waals surface area contributed by atoms with E-state index in [0.29, 0.717) is 15.3 Å². The first-order valence-corrected chi connectivity index (χ1v) is 5.58. The molecule has 2 rings (SSSR count). The average molecular weight is 289 g/mol. The van der Waals surface area contributed by atoms with Crippen molar-refractivity contribution in [2.45, 2.75) is 6.92 Å². The zero-order valence-electron chi connectivity index (χ0n) is 7.52. The Hall–Kier alpha value is -1.21. The van der Waals surface area contributed by atoms with Gasteiger partial charge in [0.25, 0.3) is 0 Å². The first kappa shape index (κ1) is 10.3. The maximum atomic E-state index is 10.9. The zero-order valence-corrected chi connectivity index (χ0v) is 9.92. The molecule has 2 heterocycles. The molecule has 0 saturated heterocycles. The third-order valence-electron chi connectivity index (χ3n) is 1.79. The predicted molar refractivity (Wildman–Crippen MR) is 57.0 cm³/mol. The van der Waals surface area contributed by atoms with Crippen molar-refractivity contribution in [2.75, 3.05) is 0 Å². The van der Waals surface area contributed by atoms with Crippen LogP contribution in [0.15, 0.2) is 13.8 Å². The Bertz CT molecular complexity index is 520.